The number of allylic oxidation sites excluding steroid dienone is 9. The van der Waals surface area contributed by atoms with Crippen molar-refractivity contribution in [1.82, 2.24) is 5.32 Å². The van der Waals surface area contributed by atoms with E-state index >= 15 is 0 Å². The van der Waals surface area contributed by atoms with Crippen LogP contribution in [0.2, 0.25) is 11.6 Å². The number of aliphatic hydroxyl groups excluding tert-OH is 2. The first kappa shape index (κ1) is 31.1. The van der Waals surface area contributed by atoms with Gasteiger partial charge in [-0.2, -0.15) is 0 Å². The van der Waals surface area contributed by atoms with Gasteiger partial charge in [0, 0.05) is 12.1 Å². The zero-order valence-electron chi connectivity index (χ0n) is 22.0. The maximum atomic E-state index is 13.8. The summed E-state index contributed by atoms with van der Waals surface area (Å²) in [5.41, 5.74) is 9.34. The number of alkyl halides is 1. The van der Waals surface area contributed by atoms with Gasteiger partial charge < -0.3 is 21.3 Å². The van der Waals surface area contributed by atoms with Crippen LogP contribution < -0.4 is 11.1 Å². The predicted molar refractivity (Wildman–Crippen MR) is 144 cm³/mol. The zero-order chi connectivity index (χ0) is 26.9. The Hall–Kier alpha value is -1.89. The molecular formula is C27H41B2FN2O3. The Balaban J connectivity index is 0.00000298. The van der Waals surface area contributed by atoms with Gasteiger partial charge in [-0.3, -0.25) is 4.79 Å². The van der Waals surface area contributed by atoms with Crippen molar-refractivity contribution in [2.45, 2.75) is 89.9 Å². The van der Waals surface area contributed by atoms with E-state index in [2.05, 4.69) is 44.0 Å². The van der Waals surface area contributed by atoms with Gasteiger partial charge in [-0.1, -0.05) is 55.4 Å². The van der Waals surface area contributed by atoms with Crippen LogP contribution in [0.15, 0.2) is 58.7 Å². The summed E-state index contributed by atoms with van der Waals surface area (Å²) in [7, 11) is 13.1. The fraction of sp³-hybridized carbons (Fsp3) is 0.593. The van der Waals surface area contributed by atoms with E-state index < -0.39 is 42.0 Å². The first-order valence-corrected chi connectivity index (χ1v) is 12.2. The van der Waals surface area contributed by atoms with Crippen molar-refractivity contribution in [3.63, 3.8) is 0 Å². The molecule has 0 saturated heterocycles. The molecule has 35 heavy (non-hydrogen) atoms. The summed E-state index contributed by atoms with van der Waals surface area (Å²) in [5, 5.41) is 22.2. The van der Waals surface area contributed by atoms with E-state index in [0.29, 0.717) is 5.57 Å². The SMILES string of the molecule is CN.[B]C1C(O)C(F)C(O)C([B])C1NC(=O)/C=C(C)/C=C/C=C(C)/C=C/C1=C(C)CCCC1(C)C. The van der Waals surface area contributed by atoms with Crippen molar-refractivity contribution in [3.8, 4) is 0 Å². The lowest BCUT2D eigenvalue weighted by Gasteiger charge is -2.43. The molecule has 4 radical (unpaired) electrons. The molecular weight excluding hydrogens is 441 g/mol. The second-order valence-electron chi connectivity index (χ2n) is 10.0. The summed E-state index contributed by atoms with van der Waals surface area (Å²) in [4.78, 5) is 12.4. The molecule has 0 aromatic carbocycles. The van der Waals surface area contributed by atoms with E-state index in [0.717, 1.165) is 12.0 Å². The number of carbonyl (C=O) groups excluding carboxylic acids is 1. The molecule has 1 fully saturated rings. The van der Waals surface area contributed by atoms with E-state index in [1.807, 2.05) is 19.1 Å². The van der Waals surface area contributed by atoms with Gasteiger partial charge in [-0.05, 0) is 75.3 Å². The lowest BCUT2D eigenvalue weighted by molar-refractivity contribution is -0.118. The van der Waals surface area contributed by atoms with Crippen molar-refractivity contribution in [3.05, 3.63) is 58.7 Å². The van der Waals surface area contributed by atoms with Crippen LogP contribution >= 0.6 is 0 Å². The topological polar surface area (TPSA) is 95.6 Å². The first-order valence-electron chi connectivity index (χ1n) is 12.2. The quantitative estimate of drug-likeness (QED) is 0.265. The molecule has 5 N–H and O–H groups in total. The third-order valence-electron chi connectivity index (χ3n) is 6.71. The maximum absolute atomic E-state index is 13.8. The fourth-order valence-corrected chi connectivity index (χ4v) is 4.59. The largest absolute Gasteiger partial charge is 0.390 e. The average Bonchev–Trinajstić information content (AvgIpc) is 2.79. The molecule has 190 valence electrons. The zero-order valence-corrected chi connectivity index (χ0v) is 22.0. The van der Waals surface area contributed by atoms with Gasteiger partial charge >= 0.3 is 0 Å². The third-order valence-corrected chi connectivity index (χ3v) is 6.71. The van der Waals surface area contributed by atoms with Gasteiger partial charge in [0.15, 0.2) is 6.17 Å². The van der Waals surface area contributed by atoms with Crippen LogP contribution in [0.4, 0.5) is 4.39 Å². The smallest absolute Gasteiger partial charge is 0.244 e. The third kappa shape index (κ3) is 8.62. The van der Waals surface area contributed by atoms with Crippen LogP contribution in [0.3, 0.4) is 0 Å². The van der Waals surface area contributed by atoms with Crippen LogP contribution in [0, 0.1) is 5.41 Å². The van der Waals surface area contributed by atoms with Gasteiger partial charge in [0.2, 0.25) is 5.91 Å². The van der Waals surface area contributed by atoms with E-state index in [-0.39, 0.29) is 5.41 Å². The summed E-state index contributed by atoms with van der Waals surface area (Å²) in [6.45, 7) is 10.6. The number of carbonyl (C=O) groups is 1. The number of halogens is 1. The molecule has 0 spiro atoms. The summed E-state index contributed by atoms with van der Waals surface area (Å²) < 4.78 is 13.8. The Morgan fingerprint density at radius 1 is 1.11 bits per heavy atom. The minimum Gasteiger partial charge on any atom is -0.390 e. The molecule has 1 saturated carbocycles. The predicted octanol–water partition coefficient (Wildman–Crippen LogP) is 3.57. The molecule has 5 nitrogen and oxygen atoms in total. The molecule has 0 aromatic heterocycles. The molecule has 4 atom stereocenters. The highest BCUT2D eigenvalue weighted by Gasteiger charge is 2.46. The number of nitrogens with one attached hydrogen (secondary N) is 1. The Kier molecular flexibility index (Phi) is 12.5. The summed E-state index contributed by atoms with van der Waals surface area (Å²) in [6, 6.07) is -0.948. The molecule has 8 heteroatoms. The van der Waals surface area contributed by atoms with Crippen LogP contribution in [0.1, 0.15) is 53.9 Å². The number of nitrogens with two attached hydrogens (primary N) is 1. The van der Waals surface area contributed by atoms with Gasteiger partial charge in [0.1, 0.15) is 0 Å². The minimum atomic E-state index is -1.95. The highest BCUT2D eigenvalue weighted by Crippen LogP contribution is 2.41. The molecule has 2 aliphatic carbocycles. The van der Waals surface area contributed by atoms with Crippen molar-refractivity contribution < 1.29 is 19.4 Å². The molecule has 0 aliphatic heterocycles. The summed E-state index contributed by atoms with van der Waals surface area (Å²) in [6.07, 6.45) is 9.77. The summed E-state index contributed by atoms with van der Waals surface area (Å²) in [5.74, 6) is -2.71. The number of hydrogen-bond donors (Lipinski definition) is 4. The second-order valence-corrected chi connectivity index (χ2v) is 10.0. The second kappa shape index (κ2) is 14.0. The fourth-order valence-electron chi connectivity index (χ4n) is 4.59. The molecule has 4 unspecified atom stereocenters. The minimum absolute atomic E-state index is 0.197. The molecule has 0 heterocycles. The van der Waals surface area contributed by atoms with Crippen LogP contribution in [-0.4, -0.2) is 63.3 Å². The number of hydrogen-bond acceptors (Lipinski definition) is 4. The van der Waals surface area contributed by atoms with E-state index in [9.17, 15) is 19.4 Å². The molecule has 0 aromatic rings. The van der Waals surface area contributed by atoms with Crippen LogP contribution in [0.5, 0.6) is 0 Å². The molecule has 1 amide bonds. The van der Waals surface area contributed by atoms with Gasteiger partial charge in [-0.15, -0.1) is 0 Å². The highest BCUT2D eigenvalue weighted by molar-refractivity contribution is 6.17. The van der Waals surface area contributed by atoms with Gasteiger partial charge in [-0.25, -0.2) is 4.39 Å². The standard InChI is InChI=1S/C26H36B2FNO3.CH5N/c1-15(11-12-18-17(3)10-7-13-26(18,4)5)8-6-9-16(2)14-19(31)30-23-20(27)24(32)22(29)25(33)21(23)28;1-2/h6,8-9,11-12,14,20-25,32-33H,7,10,13H2,1-5H3,(H,30,31);2H2,1H3/b9-6+,12-11+,15-8+,16-14+;. The van der Waals surface area contributed by atoms with E-state index in [1.54, 1.807) is 13.0 Å². The molecule has 2 aliphatic rings. The van der Waals surface area contributed by atoms with Gasteiger partial charge in [0.05, 0.1) is 27.9 Å². The van der Waals surface area contributed by atoms with Crippen LogP contribution in [0.25, 0.3) is 0 Å². The lowest BCUT2D eigenvalue weighted by atomic mass is 9.58. The van der Waals surface area contributed by atoms with Crippen molar-refractivity contribution >= 4 is 21.6 Å². The van der Waals surface area contributed by atoms with Crippen molar-refractivity contribution in [2.24, 2.45) is 11.1 Å². The first-order chi connectivity index (χ1) is 16.3. The average molecular weight is 482 g/mol. The Labute approximate surface area is 213 Å². The highest BCUT2D eigenvalue weighted by atomic mass is 19.1. The molecule has 2 rings (SSSR count). The molecule has 0 bridgehead atoms. The Morgan fingerprint density at radius 3 is 2.23 bits per heavy atom. The Morgan fingerprint density at radius 2 is 1.69 bits per heavy atom. The van der Waals surface area contributed by atoms with E-state index in [1.165, 1.54) is 37.1 Å². The lowest BCUT2D eigenvalue weighted by Crippen LogP contribution is -2.57. The monoisotopic (exact) mass is 482 g/mol. The van der Waals surface area contributed by atoms with Crippen LogP contribution in [-0.2, 0) is 4.79 Å². The summed E-state index contributed by atoms with van der Waals surface area (Å²) >= 11 is 0. The number of amides is 1. The maximum Gasteiger partial charge on any atom is 0.244 e. The number of rotatable bonds is 6. The van der Waals surface area contributed by atoms with E-state index in [4.69, 9.17) is 15.7 Å². The van der Waals surface area contributed by atoms with Gasteiger partial charge in [0.25, 0.3) is 0 Å². The normalized spacial score (nSPS) is 31.9. The van der Waals surface area contributed by atoms with Crippen molar-refractivity contribution in [2.75, 3.05) is 7.05 Å². The number of aliphatic hydroxyl groups is 2. The van der Waals surface area contributed by atoms with Crippen molar-refractivity contribution in [1.29, 1.82) is 0 Å². The Bertz CT molecular complexity index is 864.